The zero-order chi connectivity index (χ0) is 22.0. The van der Waals surface area contributed by atoms with Crippen molar-refractivity contribution in [3.63, 3.8) is 0 Å². The third-order valence-corrected chi connectivity index (χ3v) is 4.90. The van der Waals surface area contributed by atoms with Gasteiger partial charge >= 0.3 is 0 Å². The van der Waals surface area contributed by atoms with E-state index in [0.717, 1.165) is 4.90 Å². The summed E-state index contributed by atoms with van der Waals surface area (Å²) in [5.74, 6) is -0.154. The van der Waals surface area contributed by atoms with Crippen molar-refractivity contribution in [3.8, 4) is 11.5 Å². The van der Waals surface area contributed by atoms with E-state index in [2.05, 4.69) is 5.32 Å². The molecular formula is C24H20N2O5. The highest BCUT2D eigenvalue weighted by Crippen LogP contribution is 2.36. The van der Waals surface area contributed by atoms with Gasteiger partial charge in [-0.1, -0.05) is 12.1 Å². The van der Waals surface area contributed by atoms with Gasteiger partial charge < -0.3 is 14.8 Å². The predicted molar refractivity (Wildman–Crippen MR) is 116 cm³/mol. The van der Waals surface area contributed by atoms with Crippen LogP contribution in [-0.4, -0.2) is 31.4 Å². The lowest BCUT2D eigenvalue weighted by Gasteiger charge is -2.18. The molecule has 0 spiro atoms. The lowest BCUT2D eigenvalue weighted by atomic mass is 10.1. The minimum Gasteiger partial charge on any atom is -0.494 e. The normalized spacial score (nSPS) is 12.5. The molecule has 0 radical (unpaired) electrons. The Balaban J connectivity index is 1.57. The van der Waals surface area contributed by atoms with Gasteiger partial charge in [0.25, 0.3) is 17.7 Å². The molecular weight excluding hydrogens is 396 g/mol. The number of nitrogens with zero attached hydrogens (tertiary/aromatic N) is 1. The topological polar surface area (TPSA) is 84.9 Å². The molecule has 4 rings (SSSR count). The van der Waals surface area contributed by atoms with Gasteiger partial charge in [0.1, 0.15) is 11.5 Å². The number of ether oxygens (including phenoxy) is 2. The molecule has 7 nitrogen and oxygen atoms in total. The Kier molecular flexibility index (Phi) is 5.41. The van der Waals surface area contributed by atoms with Crippen LogP contribution >= 0.6 is 0 Å². The smallest absolute Gasteiger partial charge is 0.266 e. The van der Waals surface area contributed by atoms with Crippen LogP contribution in [0.25, 0.3) is 0 Å². The number of hydrogen-bond acceptors (Lipinski definition) is 5. The minimum atomic E-state index is -0.412. The Morgan fingerprint density at radius 3 is 2.16 bits per heavy atom. The molecule has 3 aromatic carbocycles. The maximum Gasteiger partial charge on any atom is 0.266 e. The zero-order valence-corrected chi connectivity index (χ0v) is 17.0. The third-order valence-electron chi connectivity index (χ3n) is 4.90. The van der Waals surface area contributed by atoms with Crippen molar-refractivity contribution < 1.29 is 23.9 Å². The molecule has 3 aromatic rings. The van der Waals surface area contributed by atoms with E-state index in [1.807, 2.05) is 6.92 Å². The molecule has 0 fully saturated rings. The van der Waals surface area contributed by atoms with E-state index in [9.17, 15) is 14.4 Å². The monoisotopic (exact) mass is 416 g/mol. The molecule has 1 aliphatic rings. The van der Waals surface area contributed by atoms with Gasteiger partial charge in [-0.2, -0.15) is 0 Å². The van der Waals surface area contributed by atoms with Crippen LogP contribution in [0.2, 0.25) is 0 Å². The highest BCUT2D eigenvalue weighted by molar-refractivity contribution is 6.34. The number of amides is 3. The number of carbonyl (C=O) groups is 3. The Morgan fingerprint density at radius 2 is 1.58 bits per heavy atom. The van der Waals surface area contributed by atoms with Gasteiger partial charge in [-0.05, 0) is 55.5 Å². The van der Waals surface area contributed by atoms with Crippen LogP contribution in [0.5, 0.6) is 11.5 Å². The van der Waals surface area contributed by atoms with E-state index < -0.39 is 11.8 Å². The van der Waals surface area contributed by atoms with Crippen LogP contribution in [0, 0.1) is 0 Å². The quantitative estimate of drug-likeness (QED) is 0.611. The van der Waals surface area contributed by atoms with Gasteiger partial charge in [-0.3, -0.25) is 14.4 Å². The molecule has 1 heterocycles. The van der Waals surface area contributed by atoms with Crippen LogP contribution in [-0.2, 0) is 0 Å². The van der Waals surface area contributed by atoms with E-state index in [0.29, 0.717) is 46.2 Å². The molecule has 0 saturated heterocycles. The first-order valence-corrected chi connectivity index (χ1v) is 9.73. The zero-order valence-electron chi connectivity index (χ0n) is 17.0. The SMILES string of the molecule is CCOc1ccc(C(=O)Nc2ccc(N3C(=O)c4ccccc4C3=O)c(OC)c2)cc1. The van der Waals surface area contributed by atoms with Crippen LogP contribution < -0.4 is 19.7 Å². The third kappa shape index (κ3) is 3.73. The van der Waals surface area contributed by atoms with Crippen LogP contribution in [0.1, 0.15) is 38.0 Å². The van der Waals surface area contributed by atoms with Crippen LogP contribution in [0.15, 0.2) is 66.7 Å². The number of imide groups is 1. The van der Waals surface area contributed by atoms with Gasteiger partial charge in [0.15, 0.2) is 0 Å². The van der Waals surface area contributed by atoms with Crippen LogP contribution in [0.3, 0.4) is 0 Å². The summed E-state index contributed by atoms with van der Waals surface area (Å²) < 4.78 is 10.8. The molecule has 1 aliphatic heterocycles. The summed E-state index contributed by atoms with van der Waals surface area (Å²) in [5, 5.41) is 2.79. The van der Waals surface area contributed by atoms with Crippen molar-refractivity contribution in [1.29, 1.82) is 0 Å². The average molecular weight is 416 g/mol. The maximum absolute atomic E-state index is 12.8. The maximum atomic E-state index is 12.8. The lowest BCUT2D eigenvalue weighted by molar-refractivity contribution is 0.0923. The van der Waals surface area contributed by atoms with Gasteiger partial charge in [0, 0.05) is 17.3 Å². The number of fused-ring (bicyclic) bond motifs is 1. The van der Waals surface area contributed by atoms with Gasteiger partial charge in [-0.15, -0.1) is 0 Å². The van der Waals surface area contributed by atoms with E-state index in [1.54, 1.807) is 66.7 Å². The fourth-order valence-corrected chi connectivity index (χ4v) is 3.42. The summed E-state index contributed by atoms with van der Waals surface area (Å²) in [7, 11) is 1.44. The first-order chi connectivity index (χ1) is 15.0. The van der Waals surface area contributed by atoms with Gasteiger partial charge in [0.2, 0.25) is 0 Å². The molecule has 156 valence electrons. The molecule has 0 aromatic heterocycles. The second-order valence-corrected chi connectivity index (χ2v) is 6.79. The van der Waals surface area contributed by atoms with E-state index in [-0.39, 0.29) is 5.91 Å². The van der Waals surface area contributed by atoms with Crippen molar-refractivity contribution in [2.24, 2.45) is 0 Å². The Labute approximate surface area is 179 Å². The largest absolute Gasteiger partial charge is 0.494 e. The van der Waals surface area contributed by atoms with Crippen molar-refractivity contribution in [3.05, 3.63) is 83.4 Å². The minimum absolute atomic E-state index is 0.291. The second kappa shape index (κ2) is 8.31. The van der Waals surface area contributed by atoms with E-state index in [4.69, 9.17) is 9.47 Å². The molecule has 0 atom stereocenters. The summed E-state index contributed by atoms with van der Waals surface area (Å²) in [6.45, 7) is 2.43. The van der Waals surface area contributed by atoms with Gasteiger partial charge in [0.05, 0.1) is 30.5 Å². The number of hydrogen-bond donors (Lipinski definition) is 1. The molecule has 31 heavy (non-hydrogen) atoms. The Hall–Kier alpha value is -4.13. The van der Waals surface area contributed by atoms with Gasteiger partial charge in [-0.25, -0.2) is 4.90 Å². The number of nitrogens with one attached hydrogen (secondary N) is 1. The van der Waals surface area contributed by atoms with E-state index >= 15 is 0 Å². The first-order valence-electron chi connectivity index (χ1n) is 9.73. The number of anilines is 2. The first kappa shape index (κ1) is 20.2. The van der Waals surface area contributed by atoms with Crippen molar-refractivity contribution in [1.82, 2.24) is 0 Å². The van der Waals surface area contributed by atoms with Crippen molar-refractivity contribution >= 4 is 29.1 Å². The highest BCUT2D eigenvalue weighted by atomic mass is 16.5. The number of benzene rings is 3. The standard InChI is InChI=1S/C24H20N2O5/c1-3-31-17-11-8-15(9-12-17)22(27)25-16-10-13-20(21(14-16)30-2)26-23(28)18-6-4-5-7-19(18)24(26)29/h4-14H,3H2,1-2H3,(H,25,27). The van der Waals surface area contributed by atoms with Crippen molar-refractivity contribution in [2.45, 2.75) is 6.92 Å². The highest BCUT2D eigenvalue weighted by Gasteiger charge is 2.37. The molecule has 0 aliphatic carbocycles. The summed E-state index contributed by atoms with van der Waals surface area (Å²) >= 11 is 0. The number of carbonyl (C=O) groups excluding carboxylic acids is 3. The average Bonchev–Trinajstić information content (AvgIpc) is 3.05. The van der Waals surface area contributed by atoms with Crippen LogP contribution in [0.4, 0.5) is 11.4 Å². The molecule has 1 N–H and O–H groups in total. The molecule has 0 saturated carbocycles. The molecule has 0 unspecified atom stereocenters. The number of methoxy groups -OCH3 is 1. The second-order valence-electron chi connectivity index (χ2n) is 6.79. The lowest BCUT2D eigenvalue weighted by Crippen LogP contribution is -2.29. The summed E-state index contributed by atoms with van der Waals surface area (Å²) in [4.78, 5) is 39.2. The Morgan fingerprint density at radius 1 is 0.935 bits per heavy atom. The summed E-state index contributed by atoms with van der Waals surface area (Å²) in [6, 6.07) is 18.2. The fourth-order valence-electron chi connectivity index (χ4n) is 3.42. The Bertz CT molecular complexity index is 1140. The number of rotatable bonds is 6. The molecule has 3 amide bonds. The summed E-state index contributed by atoms with van der Waals surface area (Å²) in [5.41, 5.74) is 1.94. The fraction of sp³-hybridized carbons (Fsp3) is 0.125. The van der Waals surface area contributed by atoms with Crippen molar-refractivity contribution in [2.75, 3.05) is 23.9 Å². The summed E-state index contributed by atoms with van der Waals surface area (Å²) in [6.07, 6.45) is 0. The molecule has 7 heteroatoms. The van der Waals surface area contributed by atoms with E-state index in [1.165, 1.54) is 7.11 Å². The predicted octanol–water partition coefficient (Wildman–Crippen LogP) is 4.15. The molecule has 0 bridgehead atoms.